The van der Waals surface area contributed by atoms with Gasteiger partial charge in [-0.3, -0.25) is 29.4 Å². The molecule has 3 amide bonds. The van der Waals surface area contributed by atoms with Gasteiger partial charge in [-0.2, -0.15) is 0 Å². The number of benzene rings is 3. The van der Waals surface area contributed by atoms with E-state index in [1.807, 2.05) is 30.3 Å². The highest BCUT2D eigenvalue weighted by Crippen LogP contribution is 2.27. The van der Waals surface area contributed by atoms with Crippen molar-refractivity contribution in [3.8, 4) is 0 Å². The average Bonchev–Trinajstić information content (AvgIpc) is 3.04. The topological polar surface area (TPSA) is 110 Å². The van der Waals surface area contributed by atoms with Crippen LogP contribution < -0.4 is 5.32 Å². The van der Waals surface area contributed by atoms with Crippen LogP contribution in [0.2, 0.25) is 0 Å². The summed E-state index contributed by atoms with van der Waals surface area (Å²) in [4.78, 5) is 50.9. The van der Waals surface area contributed by atoms with E-state index in [4.69, 9.17) is 0 Å². The Balaban J connectivity index is 1.67. The molecule has 160 valence electrons. The van der Waals surface area contributed by atoms with Gasteiger partial charge < -0.3 is 5.32 Å². The number of aryl methyl sites for hydroxylation is 1. The highest BCUT2D eigenvalue weighted by atomic mass is 16.6. The Morgan fingerprint density at radius 2 is 1.56 bits per heavy atom. The number of carbonyl (C=O) groups excluding carboxylic acids is 3. The number of fused-ring (bicyclic) bond motifs is 1. The lowest BCUT2D eigenvalue weighted by Gasteiger charge is -2.26. The third kappa shape index (κ3) is 3.85. The lowest BCUT2D eigenvalue weighted by Crippen LogP contribution is -2.48. The molecule has 4 rings (SSSR count). The Morgan fingerprint density at radius 3 is 2.12 bits per heavy atom. The van der Waals surface area contributed by atoms with Crippen LogP contribution in [-0.4, -0.2) is 33.6 Å². The Labute approximate surface area is 183 Å². The minimum atomic E-state index is -1.10. The molecule has 0 spiro atoms. The molecule has 8 nitrogen and oxygen atoms in total. The number of non-ortho nitro benzene ring substituents is 1. The van der Waals surface area contributed by atoms with Crippen molar-refractivity contribution in [2.75, 3.05) is 5.32 Å². The Bertz CT molecular complexity index is 1200. The predicted octanol–water partition coefficient (Wildman–Crippen LogP) is 3.75. The van der Waals surface area contributed by atoms with Crippen molar-refractivity contribution in [1.82, 2.24) is 4.90 Å². The number of nitrogens with one attached hydrogen (secondary N) is 1. The largest absolute Gasteiger partial charge is 0.324 e. The van der Waals surface area contributed by atoms with Crippen molar-refractivity contribution < 1.29 is 19.3 Å². The van der Waals surface area contributed by atoms with Crippen molar-refractivity contribution in [2.24, 2.45) is 0 Å². The zero-order valence-electron chi connectivity index (χ0n) is 17.1. The number of hydrogen-bond donors (Lipinski definition) is 1. The van der Waals surface area contributed by atoms with Gasteiger partial charge in [0.15, 0.2) is 0 Å². The van der Waals surface area contributed by atoms with E-state index in [1.165, 1.54) is 18.2 Å². The molecule has 0 aromatic heterocycles. The summed E-state index contributed by atoms with van der Waals surface area (Å²) in [6, 6.07) is 18.5. The van der Waals surface area contributed by atoms with E-state index < -0.39 is 28.7 Å². The second-order valence-corrected chi connectivity index (χ2v) is 7.48. The van der Waals surface area contributed by atoms with E-state index >= 15 is 0 Å². The maximum Gasteiger partial charge on any atom is 0.269 e. The number of amides is 3. The van der Waals surface area contributed by atoms with E-state index in [0.717, 1.165) is 10.5 Å². The van der Waals surface area contributed by atoms with Crippen LogP contribution in [0.3, 0.4) is 0 Å². The molecule has 8 heteroatoms. The molecule has 0 radical (unpaired) electrons. The Hall–Kier alpha value is -4.33. The molecular formula is C24H19N3O5. The summed E-state index contributed by atoms with van der Waals surface area (Å²) in [6.07, 6.45) is 0.129. The van der Waals surface area contributed by atoms with Gasteiger partial charge in [-0.1, -0.05) is 42.5 Å². The monoisotopic (exact) mass is 429 g/mol. The molecule has 0 saturated heterocycles. The van der Waals surface area contributed by atoms with Crippen molar-refractivity contribution in [3.05, 3.63) is 105 Å². The third-order valence-corrected chi connectivity index (χ3v) is 5.39. The van der Waals surface area contributed by atoms with Crippen LogP contribution in [0.5, 0.6) is 0 Å². The number of rotatable bonds is 6. The van der Waals surface area contributed by atoms with Crippen LogP contribution in [0.25, 0.3) is 0 Å². The molecule has 0 saturated carbocycles. The average molecular weight is 429 g/mol. The van der Waals surface area contributed by atoms with Gasteiger partial charge in [-0.15, -0.1) is 0 Å². The molecule has 3 aromatic rings. The van der Waals surface area contributed by atoms with Gasteiger partial charge in [-0.05, 0) is 36.2 Å². The summed E-state index contributed by atoms with van der Waals surface area (Å²) in [5.74, 6) is -1.61. The van der Waals surface area contributed by atoms with Gasteiger partial charge in [0.2, 0.25) is 5.91 Å². The number of hydrogen-bond acceptors (Lipinski definition) is 5. The summed E-state index contributed by atoms with van der Waals surface area (Å²) < 4.78 is 0. The van der Waals surface area contributed by atoms with Gasteiger partial charge in [0.05, 0.1) is 16.1 Å². The summed E-state index contributed by atoms with van der Waals surface area (Å²) in [5.41, 5.74) is 2.07. The number of anilines is 1. The number of nitrogens with zero attached hydrogens (tertiary/aromatic N) is 2. The first-order valence-electron chi connectivity index (χ1n) is 9.93. The molecule has 1 atom stereocenters. The summed E-state index contributed by atoms with van der Waals surface area (Å²) in [7, 11) is 0. The first kappa shape index (κ1) is 20.9. The van der Waals surface area contributed by atoms with Crippen LogP contribution in [0.1, 0.15) is 31.8 Å². The second kappa shape index (κ2) is 8.43. The predicted molar refractivity (Wildman–Crippen MR) is 117 cm³/mol. The Kier molecular flexibility index (Phi) is 5.51. The molecule has 0 aliphatic carbocycles. The number of carbonyl (C=O) groups is 3. The van der Waals surface area contributed by atoms with Crippen LogP contribution in [0, 0.1) is 17.0 Å². The second-order valence-electron chi connectivity index (χ2n) is 7.48. The van der Waals surface area contributed by atoms with Gasteiger partial charge >= 0.3 is 0 Å². The summed E-state index contributed by atoms with van der Waals surface area (Å²) in [5, 5.41) is 13.7. The molecule has 32 heavy (non-hydrogen) atoms. The van der Waals surface area contributed by atoms with Crippen LogP contribution in [0.4, 0.5) is 11.4 Å². The van der Waals surface area contributed by atoms with Gasteiger partial charge in [0.25, 0.3) is 17.5 Å². The zero-order chi connectivity index (χ0) is 22.8. The van der Waals surface area contributed by atoms with Crippen LogP contribution >= 0.6 is 0 Å². The molecular weight excluding hydrogens is 410 g/mol. The van der Waals surface area contributed by atoms with Gasteiger partial charge in [0.1, 0.15) is 6.04 Å². The zero-order valence-corrected chi connectivity index (χ0v) is 17.1. The number of nitro benzene ring substituents is 1. The fourth-order valence-corrected chi connectivity index (χ4v) is 3.75. The lowest BCUT2D eigenvalue weighted by molar-refractivity contribution is -0.384. The fourth-order valence-electron chi connectivity index (χ4n) is 3.75. The summed E-state index contributed by atoms with van der Waals surface area (Å²) >= 11 is 0. The Morgan fingerprint density at radius 1 is 0.969 bits per heavy atom. The quantitative estimate of drug-likeness (QED) is 0.365. The smallest absolute Gasteiger partial charge is 0.269 e. The van der Waals surface area contributed by atoms with Crippen LogP contribution in [-0.2, 0) is 11.2 Å². The highest BCUT2D eigenvalue weighted by molar-refractivity contribution is 6.23. The van der Waals surface area contributed by atoms with Crippen molar-refractivity contribution >= 4 is 29.1 Å². The van der Waals surface area contributed by atoms with E-state index in [1.54, 1.807) is 31.2 Å². The third-order valence-electron chi connectivity index (χ3n) is 5.39. The first-order chi connectivity index (χ1) is 15.4. The molecule has 3 aromatic carbocycles. The fraction of sp³-hybridized carbons (Fsp3) is 0.125. The SMILES string of the molecule is Cc1cc([N+](=O)[O-])ccc1NC(=O)C(Cc1ccccc1)N1C(=O)c2ccccc2C1=O. The maximum atomic E-state index is 13.3. The van der Waals surface area contributed by atoms with E-state index in [0.29, 0.717) is 11.3 Å². The number of nitro groups is 1. The molecule has 1 N–H and O–H groups in total. The van der Waals surface area contributed by atoms with E-state index in [9.17, 15) is 24.5 Å². The molecule has 1 unspecified atom stereocenters. The minimum absolute atomic E-state index is 0.0957. The van der Waals surface area contributed by atoms with E-state index in [2.05, 4.69) is 5.32 Å². The molecule has 0 fully saturated rings. The molecule has 1 aliphatic heterocycles. The van der Waals surface area contributed by atoms with Crippen molar-refractivity contribution in [3.63, 3.8) is 0 Å². The van der Waals surface area contributed by atoms with Crippen molar-refractivity contribution in [2.45, 2.75) is 19.4 Å². The van der Waals surface area contributed by atoms with Crippen LogP contribution in [0.15, 0.2) is 72.8 Å². The molecule has 1 aliphatic rings. The lowest BCUT2D eigenvalue weighted by atomic mass is 10.0. The van der Waals surface area contributed by atoms with Gasteiger partial charge in [0, 0.05) is 24.2 Å². The summed E-state index contributed by atoms with van der Waals surface area (Å²) in [6.45, 7) is 1.64. The highest BCUT2D eigenvalue weighted by Gasteiger charge is 2.42. The molecule has 0 bridgehead atoms. The minimum Gasteiger partial charge on any atom is -0.324 e. The standard InChI is InChI=1S/C24H19N3O5/c1-15-13-17(27(31)32)11-12-20(15)25-22(28)21(14-16-7-3-2-4-8-16)26-23(29)18-9-5-6-10-19(18)24(26)30/h2-13,21H,14H2,1H3,(H,25,28). The first-order valence-corrected chi connectivity index (χ1v) is 9.93. The normalized spacial score (nSPS) is 13.6. The van der Waals surface area contributed by atoms with E-state index in [-0.39, 0.29) is 23.2 Å². The van der Waals surface area contributed by atoms with Gasteiger partial charge in [-0.25, -0.2) is 0 Å². The van der Waals surface area contributed by atoms with Crippen molar-refractivity contribution in [1.29, 1.82) is 0 Å². The number of imide groups is 1. The maximum absolute atomic E-state index is 13.3. The molecule has 1 heterocycles.